The van der Waals surface area contributed by atoms with Gasteiger partial charge < -0.3 is 19.8 Å². The van der Waals surface area contributed by atoms with Gasteiger partial charge in [0.2, 0.25) is 0 Å². The predicted molar refractivity (Wildman–Crippen MR) is 93.9 cm³/mol. The van der Waals surface area contributed by atoms with E-state index in [2.05, 4.69) is 10.6 Å². The molecule has 1 aromatic heterocycles. The van der Waals surface area contributed by atoms with Gasteiger partial charge in [0.1, 0.15) is 11.3 Å². The second kappa shape index (κ2) is 7.19. The van der Waals surface area contributed by atoms with E-state index in [0.717, 1.165) is 28.0 Å². The summed E-state index contributed by atoms with van der Waals surface area (Å²) >= 11 is 0. The van der Waals surface area contributed by atoms with Crippen LogP contribution in [-0.4, -0.2) is 13.1 Å². The number of amides is 2. The lowest BCUT2D eigenvalue weighted by molar-refractivity contribution is 0.185. The zero-order chi connectivity index (χ0) is 16.9. The van der Waals surface area contributed by atoms with Crippen LogP contribution in [0.3, 0.4) is 0 Å². The van der Waals surface area contributed by atoms with Gasteiger partial charge in [0.15, 0.2) is 0 Å². The molecule has 3 aromatic rings. The Hall–Kier alpha value is -2.79. The van der Waals surface area contributed by atoms with Crippen LogP contribution in [0.4, 0.5) is 10.5 Å². The molecular weight excluding hydrogens is 304 g/mol. The molecule has 0 fully saturated rings. The fraction of sp³-hybridized carbons (Fsp3) is 0.211. The minimum Gasteiger partial charge on any atom is -0.459 e. The number of nitrogens with one attached hydrogen (secondary N) is 2. The second-order valence-electron chi connectivity index (χ2n) is 5.64. The van der Waals surface area contributed by atoms with E-state index in [1.807, 2.05) is 61.5 Å². The summed E-state index contributed by atoms with van der Waals surface area (Å²) in [5.74, 6) is 0.722. The summed E-state index contributed by atoms with van der Waals surface area (Å²) in [5, 5.41) is 6.73. The quantitative estimate of drug-likeness (QED) is 0.728. The van der Waals surface area contributed by atoms with E-state index < -0.39 is 0 Å². The van der Waals surface area contributed by atoms with Crippen molar-refractivity contribution < 1.29 is 13.9 Å². The Morgan fingerprint density at radius 2 is 2.00 bits per heavy atom. The van der Waals surface area contributed by atoms with Crippen molar-refractivity contribution >= 4 is 22.7 Å². The van der Waals surface area contributed by atoms with E-state index in [-0.39, 0.29) is 12.1 Å². The van der Waals surface area contributed by atoms with Gasteiger partial charge in [-0.1, -0.05) is 30.3 Å². The van der Waals surface area contributed by atoms with Crippen LogP contribution in [0.2, 0.25) is 0 Å². The lowest BCUT2D eigenvalue weighted by atomic mass is 10.2. The molecular formula is C19H20N2O3. The first-order valence-corrected chi connectivity index (χ1v) is 7.79. The Balaban J connectivity index is 1.64. The highest BCUT2D eigenvalue weighted by molar-refractivity contribution is 5.89. The topological polar surface area (TPSA) is 63.5 Å². The smallest absolute Gasteiger partial charge is 0.319 e. The molecule has 24 heavy (non-hydrogen) atoms. The number of carbonyl (C=O) groups is 1. The molecule has 0 saturated heterocycles. The summed E-state index contributed by atoms with van der Waals surface area (Å²) in [6, 6.07) is 16.8. The fourth-order valence-electron chi connectivity index (χ4n) is 2.56. The van der Waals surface area contributed by atoms with E-state index in [1.54, 1.807) is 7.11 Å². The van der Waals surface area contributed by atoms with Crippen LogP contribution in [0, 0.1) is 0 Å². The summed E-state index contributed by atoms with van der Waals surface area (Å²) in [5.41, 5.74) is 2.54. The number of rotatable bonds is 5. The van der Waals surface area contributed by atoms with Crippen LogP contribution in [0.5, 0.6) is 0 Å². The van der Waals surface area contributed by atoms with Crippen LogP contribution in [0.1, 0.15) is 24.3 Å². The number of hydrogen-bond acceptors (Lipinski definition) is 3. The molecule has 0 bridgehead atoms. The number of hydrogen-bond donors (Lipinski definition) is 2. The number of benzene rings is 2. The summed E-state index contributed by atoms with van der Waals surface area (Å²) in [7, 11) is 1.64. The average Bonchev–Trinajstić information content (AvgIpc) is 2.99. The molecule has 2 N–H and O–H groups in total. The highest BCUT2D eigenvalue weighted by Gasteiger charge is 2.14. The van der Waals surface area contributed by atoms with Crippen LogP contribution >= 0.6 is 0 Å². The molecule has 0 spiro atoms. The Bertz CT molecular complexity index is 808. The Morgan fingerprint density at radius 1 is 1.17 bits per heavy atom. The minimum absolute atomic E-state index is 0.237. The maximum atomic E-state index is 12.2. The highest BCUT2D eigenvalue weighted by Crippen LogP contribution is 2.23. The van der Waals surface area contributed by atoms with Crippen molar-refractivity contribution in [3.05, 3.63) is 65.9 Å². The zero-order valence-corrected chi connectivity index (χ0v) is 13.7. The SMILES string of the molecule is COCc1cccc(NC(=O)N[C@@H](C)c2cc3ccccc3o2)c1. The Kier molecular flexibility index (Phi) is 4.82. The van der Waals surface area contributed by atoms with Crippen molar-refractivity contribution in [1.82, 2.24) is 5.32 Å². The normalized spacial score (nSPS) is 12.1. The monoisotopic (exact) mass is 324 g/mol. The Morgan fingerprint density at radius 3 is 2.79 bits per heavy atom. The lowest BCUT2D eigenvalue weighted by Gasteiger charge is -2.13. The second-order valence-corrected chi connectivity index (χ2v) is 5.64. The largest absolute Gasteiger partial charge is 0.459 e. The minimum atomic E-state index is -0.280. The summed E-state index contributed by atoms with van der Waals surface area (Å²) < 4.78 is 10.9. The van der Waals surface area contributed by atoms with Crippen LogP contribution in [0.15, 0.2) is 59.0 Å². The predicted octanol–water partition coefficient (Wildman–Crippen LogP) is 4.46. The van der Waals surface area contributed by atoms with Gasteiger partial charge in [-0.15, -0.1) is 0 Å². The number of anilines is 1. The van der Waals surface area contributed by atoms with Crippen LogP contribution in [0.25, 0.3) is 11.0 Å². The van der Waals surface area contributed by atoms with Crippen molar-refractivity contribution in [2.45, 2.75) is 19.6 Å². The molecule has 124 valence electrons. The van der Waals surface area contributed by atoms with Gasteiger partial charge in [0, 0.05) is 18.2 Å². The standard InChI is InChI=1S/C19H20N2O3/c1-13(18-11-15-7-3-4-9-17(15)24-18)20-19(22)21-16-8-5-6-14(10-16)12-23-2/h3-11,13H,12H2,1-2H3,(H2,20,21,22)/t13-/m0/s1. The number of urea groups is 1. The summed E-state index contributed by atoms with van der Waals surface area (Å²) in [6.45, 7) is 2.39. The van der Waals surface area contributed by atoms with E-state index in [1.165, 1.54) is 0 Å². The third-order valence-electron chi connectivity index (χ3n) is 3.71. The van der Waals surface area contributed by atoms with Crippen molar-refractivity contribution in [2.75, 3.05) is 12.4 Å². The van der Waals surface area contributed by atoms with Gasteiger partial charge in [-0.2, -0.15) is 0 Å². The van der Waals surface area contributed by atoms with E-state index in [9.17, 15) is 4.79 Å². The van der Waals surface area contributed by atoms with Crippen molar-refractivity contribution in [3.63, 3.8) is 0 Å². The molecule has 2 aromatic carbocycles. The molecule has 0 saturated carbocycles. The molecule has 0 unspecified atom stereocenters. The van der Waals surface area contributed by atoms with Crippen molar-refractivity contribution in [1.29, 1.82) is 0 Å². The van der Waals surface area contributed by atoms with Crippen molar-refractivity contribution in [3.8, 4) is 0 Å². The van der Waals surface area contributed by atoms with Gasteiger partial charge in [0.05, 0.1) is 12.6 Å². The number of methoxy groups -OCH3 is 1. The van der Waals surface area contributed by atoms with E-state index >= 15 is 0 Å². The van der Waals surface area contributed by atoms with Gasteiger partial charge in [-0.05, 0) is 36.8 Å². The molecule has 0 radical (unpaired) electrons. The molecule has 0 aliphatic rings. The first kappa shape index (κ1) is 16.1. The summed E-state index contributed by atoms with van der Waals surface area (Å²) in [6.07, 6.45) is 0. The molecule has 3 rings (SSSR count). The fourth-order valence-corrected chi connectivity index (χ4v) is 2.56. The third-order valence-corrected chi connectivity index (χ3v) is 3.71. The van der Waals surface area contributed by atoms with E-state index in [0.29, 0.717) is 6.61 Å². The lowest BCUT2D eigenvalue weighted by Crippen LogP contribution is -2.30. The molecule has 5 heteroatoms. The summed E-state index contributed by atoms with van der Waals surface area (Å²) in [4.78, 5) is 12.2. The molecule has 5 nitrogen and oxygen atoms in total. The van der Waals surface area contributed by atoms with Crippen LogP contribution < -0.4 is 10.6 Å². The average molecular weight is 324 g/mol. The first-order chi connectivity index (χ1) is 11.7. The Labute approximate surface area is 140 Å². The first-order valence-electron chi connectivity index (χ1n) is 7.79. The van der Waals surface area contributed by atoms with Crippen molar-refractivity contribution in [2.24, 2.45) is 0 Å². The number of ether oxygens (including phenoxy) is 1. The third kappa shape index (κ3) is 3.75. The van der Waals surface area contributed by atoms with E-state index in [4.69, 9.17) is 9.15 Å². The molecule has 0 aliphatic carbocycles. The maximum Gasteiger partial charge on any atom is 0.319 e. The number of para-hydroxylation sites is 1. The number of carbonyl (C=O) groups excluding carboxylic acids is 1. The van der Waals surface area contributed by atoms with Gasteiger partial charge >= 0.3 is 6.03 Å². The maximum absolute atomic E-state index is 12.2. The molecule has 0 aliphatic heterocycles. The molecule has 1 atom stereocenters. The van der Waals surface area contributed by atoms with Gasteiger partial charge in [-0.3, -0.25) is 0 Å². The number of furan rings is 1. The van der Waals surface area contributed by atoms with Crippen LogP contribution in [-0.2, 0) is 11.3 Å². The molecule has 2 amide bonds. The zero-order valence-electron chi connectivity index (χ0n) is 13.7. The highest BCUT2D eigenvalue weighted by atomic mass is 16.5. The van der Waals surface area contributed by atoms with Gasteiger partial charge in [-0.25, -0.2) is 4.79 Å². The van der Waals surface area contributed by atoms with Gasteiger partial charge in [0.25, 0.3) is 0 Å². The molecule has 1 heterocycles. The number of fused-ring (bicyclic) bond motifs is 1.